The van der Waals surface area contributed by atoms with Gasteiger partial charge in [0.2, 0.25) is 0 Å². The topological polar surface area (TPSA) is 15.3 Å². The van der Waals surface area contributed by atoms with Crippen molar-refractivity contribution in [1.29, 1.82) is 0 Å². The molecule has 4 rings (SSSR count). The molecule has 0 spiro atoms. The fourth-order valence-corrected chi connectivity index (χ4v) is 3.19. The van der Waals surface area contributed by atoms with Gasteiger partial charge < -0.3 is 10.2 Å². The molecule has 1 aromatic carbocycles. The third kappa shape index (κ3) is 1.88. The van der Waals surface area contributed by atoms with E-state index in [0.717, 1.165) is 0 Å². The number of rotatable bonds is 0. The molecule has 2 heterocycles. The smallest absolute Gasteiger partial charge is 0.0613 e. The summed E-state index contributed by atoms with van der Waals surface area (Å²) < 4.78 is 0. The minimum Gasteiger partial charge on any atom is -0.383 e. The molecule has 1 N–H and O–H groups in total. The molecule has 3 aliphatic rings. The number of allylic oxidation sites excluding steroid dienone is 1. The van der Waals surface area contributed by atoms with Crippen LogP contribution in [0.25, 0.3) is 12.3 Å². The summed E-state index contributed by atoms with van der Waals surface area (Å²) in [5.41, 5.74) is 2.78. The van der Waals surface area contributed by atoms with Crippen LogP contribution in [-0.2, 0) is 0 Å². The molecule has 0 radical (unpaired) electrons. The first kappa shape index (κ1) is 10.9. The van der Waals surface area contributed by atoms with Crippen molar-refractivity contribution in [2.45, 2.75) is 31.7 Å². The van der Waals surface area contributed by atoms with E-state index in [1.807, 2.05) is 0 Å². The van der Waals surface area contributed by atoms with E-state index >= 15 is 0 Å². The van der Waals surface area contributed by atoms with Crippen molar-refractivity contribution in [3.8, 4) is 0 Å². The van der Waals surface area contributed by atoms with Crippen molar-refractivity contribution in [3.05, 3.63) is 58.4 Å². The highest BCUT2D eigenvalue weighted by atomic mass is 15.1. The van der Waals surface area contributed by atoms with Gasteiger partial charge in [0, 0.05) is 24.6 Å². The SMILES string of the molecule is C1=C2CCCCC2NC=C2C=c3ccccc3=CN12. The molecular formula is C17H18N2. The Morgan fingerprint density at radius 3 is 2.89 bits per heavy atom. The van der Waals surface area contributed by atoms with Crippen LogP contribution in [0.3, 0.4) is 0 Å². The molecule has 1 saturated carbocycles. The Bertz CT molecular complexity index is 681. The highest BCUT2D eigenvalue weighted by molar-refractivity contribution is 5.56. The van der Waals surface area contributed by atoms with Crippen LogP contribution in [0.4, 0.5) is 0 Å². The number of fused-ring (bicyclic) bond motifs is 3. The van der Waals surface area contributed by atoms with Crippen molar-refractivity contribution >= 4 is 12.3 Å². The largest absolute Gasteiger partial charge is 0.383 e. The highest BCUT2D eigenvalue weighted by Crippen LogP contribution is 2.27. The molecule has 96 valence electrons. The van der Waals surface area contributed by atoms with Gasteiger partial charge in [-0.1, -0.05) is 30.7 Å². The summed E-state index contributed by atoms with van der Waals surface area (Å²) in [7, 11) is 0. The Hall–Kier alpha value is -1.96. The van der Waals surface area contributed by atoms with Crippen LogP contribution in [0.5, 0.6) is 0 Å². The van der Waals surface area contributed by atoms with Gasteiger partial charge in [0.05, 0.1) is 5.70 Å². The van der Waals surface area contributed by atoms with E-state index in [2.05, 4.69) is 59.2 Å². The average Bonchev–Trinajstić information content (AvgIpc) is 2.63. The molecule has 1 aliphatic carbocycles. The molecule has 0 bridgehead atoms. The molecule has 0 amide bonds. The number of hydrogen-bond acceptors (Lipinski definition) is 2. The van der Waals surface area contributed by atoms with Gasteiger partial charge in [0.1, 0.15) is 0 Å². The fourth-order valence-electron chi connectivity index (χ4n) is 3.19. The molecule has 0 aromatic heterocycles. The van der Waals surface area contributed by atoms with E-state index < -0.39 is 0 Å². The number of benzene rings is 1. The lowest BCUT2D eigenvalue weighted by molar-refractivity contribution is 0.493. The summed E-state index contributed by atoms with van der Waals surface area (Å²) in [6.07, 6.45) is 14.2. The molecule has 1 fully saturated rings. The number of hydrogen-bond donors (Lipinski definition) is 1. The standard InChI is InChI=1S/C17H18N2/c1-2-6-14-11-19-12-15-7-3-4-8-17(15)18-10-16(19)9-13(14)5-1/h1-2,5-6,9-12,17-18H,3-4,7-8H2. The highest BCUT2D eigenvalue weighted by Gasteiger charge is 2.22. The maximum absolute atomic E-state index is 3.59. The molecule has 19 heavy (non-hydrogen) atoms. The second-order valence-corrected chi connectivity index (χ2v) is 5.55. The maximum atomic E-state index is 3.59. The van der Waals surface area contributed by atoms with Crippen LogP contribution in [0, 0.1) is 0 Å². The Balaban J connectivity index is 1.84. The second kappa shape index (κ2) is 4.30. The first-order valence-electron chi connectivity index (χ1n) is 7.14. The summed E-state index contributed by atoms with van der Waals surface area (Å²) in [5, 5.41) is 6.19. The predicted octanol–water partition coefficient (Wildman–Crippen LogP) is 1.79. The van der Waals surface area contributed by atoms with Crippen LogP contribution in [-0.4, -0.2) is 10.9 Å². The molecule has 1 atom stereocenters. The molecule has 2 nitrogen and oxygen atoms in total. The summed E-state index contributed by atoms with van der Waals surface area (Å²) in [5.74, 6) is 0. The zero-order valence-corrected chi connectivity index (χ0v) is 11.0. The Kier molecular flexibility index (Phi) is 2.47. The zero-order valence-electron chi connectivity index (χ0n) is 11.0. The lowest BCUT2D eigenvalue weighted by atomic mass is 9.91. The minimum absolute atomic E-state index is 0.539. The van der Waals surface area contributed by atoms with Gasteiger partial charge in [-0.05, 0) is 41.3 Å². The quantitative estimate of drug-likeness (QED) is 0.755. The van der Waals surface area contributed by atoms with Crippen molar-refractivity contribution in [2.24, 2.45) is 0 Å². The van der Waals surface area contributed by atoms with Gasteiger partial charge >= 0.3 is 0 Å². The van der Waals surface area contributed by atoms with Gasteiger partial charge in [0.25, 0.3) is 0 Å². The van der Waals surface area contributed by atoms with E-state index in [1.165, 1.54) is 41.8 Å². The van der Waals surface area contributed by atoms with Crippen molar-refractivity contribution in [3.63, 3.8) is 0 Å². The normalized spacial score (nSPS) is 24.2. The van der Waals surface area contributed by atoms with Gasteiger partial charge in [-0.25, -0.2) is 0 Å². The Labute approximate surface area is 113 Å². The van der Waals surface area contributed by atoms with Crippen LogP contribution in [0.1, 0.15) is 25.7 Å². The van der Waals surface area contributed by atoms with Crippen LogP contribution >= 0.6 is 0 Å². The summed E-state index contributed by atoms with van der Waals surface area (Å²) in [4.78, 5) is 2.27. The molecular weight excluding hydrogens is 232 g/mol. The van der Waals surface area contributed by atoms with Crippen LogP contribution in [0.15, 0.2) is 47.9 Å². The van der Waals surface area contributed by atoms with Crippen molar-refractivity contribution < 1.29 is 0 Å². The molecule has 0 saturated heterocycles. The van der Waals surface area contributed by atoms with Gasteiger partial charge in [-0.15, -0.1) is 0 Å². The van der Waals surface area contributed by atoms with E-state index in [9.17, 15) is 0 Å². The minimum atomic E-state index is 0.539. The lowest BCUT2D eigenvalue weighted by Gasteiger charge is -2.25. The molecule has 2 aliphatic heterocycles. The monoisotopic (exact) mass is 250 g/mol. The van der Waals surface area contributed by atoms with Gasteiger partial charge in [0.15, 0.2) is 0 Å². The van der Waals surface area contributed by atoms with E-state index in [4.69, 9.17) is 0 Å². The first-order chi connectivity index (χ1) is 9.40. The summed E-state index contributed by atoms with van der Waals surface area (Å²) in [6, 6.07) is 9.09. The lowest BCUT2D eigenvalue weighted by Crippen LogP contribution is -2.32. The fraction of sp³-hybridized carbons (Fsp3) is 0.294. The van der Waals surface area contributed by atoms with E-state index in [-0.39, 0.29) is 0 Å². The summed E-state index contributed by atoms with van der Waals surface area (Å²) >= 11 is 0. The van der Waals surface area contributed by atoms with Crippen molar-refractivity contribution in [2.75, 3.05) is 0 Å². The third-order valence-electron chi connectivity index (χ3n) is 4.27. The van der Waals surface area contributed by atoms with Gasteiger partial charge in [-0.3, -0.25) is 0 Å². The number of nitrogens with zero attached hydrogens (tertiary/aromatic N) is 1. The number of nitrogens with one attached hydrogen (secondary N) is 1. The second-order valence-electron chi connectivity index (χ2n) is 5.55. The predicted molar refractivity (Wildman–Crippen MR) is 78.0 cm³/mol. The summed E-state index contributed by atoms with van der Waals surface area (Å²) in [6.45, 7) is 0. The van der Waals surface area contributed by atoms with Gasteiger partial charge in [-0.2, -0.15) is 0 Å². The third-order valence-corrected chi connectivity index (χ3v) is 4.27. The van der Waals surface area contributed by atoms with E-state index in [0.29, 0.717) is 6.04 Å². The average molecular weight is 250 g/mol. The van der Waals surface area contributed by atoms with E-state index in [1.54, 1.807) is 5.57 Å². The van der Waals surface area contributed by atoms with Crippen LogP contribution in [0.2, 0.25) is 0 Å². The zero-order chi connectivity index (χ0) is 12.7. The molecule has 1 unspecified atom stereocenters. The molecule has 1 aromatic rings. The molecule has 2 heteroatoms. The Morgan fingerprint density at radius 2 is 1.95 bits per heavy atom. The van der Waals surface area contributed by atoms with Crippen LogP contribution < -0.4 is 15.8 Å². The van der Waals surface area contributed by atoms with Crippen molar-refractivity contribution in [1.82, 2.24) is 10.2 Å². The first-order valence-corrected chi connectivity index (χ1v) is 7.14. The Morgan fingerprint density at radius 1 is 1.05 bits per heavy atom. The maximum Gasteiger partial charge on any atom is 0.0613 e.